The molecule has 0 radical (unpaired) electrons. The van der Waals surface area contributed by atoms with Gasteiger partial charge in [-0.05, 0) is 31.8 Å². The predicted octanol–water partition coefficient (Wildman–Crippen LogP) is 2.00. The van der Waals surface area contributed by atoms with Gasteiger partial charge in [0.25, 0.3) is 5.91 Å². The molecule has 0 saturated heterocycles. The van der Waals surface area contributed by atoms with E-state index in [9.17, 15) is 4.79 Å². The summed E-state index contributed by atoms with van der Waals surface area (Å²) in [5.74, 6) is 2.55. The van der Waals surface area contributed by atoms with Crippen LogP contribution in [0.5, 0.6) is 5.88 Å². The zero-order chi connectivity index (χ0) is 14.4. The average molecular weight is 285 g/mol. The Bertz CT molecular complexity index is 432. The van der Waals surface area contributed by atoms with Gasteiger partial charge >= 0.3 is 0 Å². The van der Waals surface area contributed by atoms with Gasteiger partial charge in [0.15, 0.2) is 0 Å². The molecule has 19 heavy (non-hydrogen) atoms. The summed E-state index contributed by atoms with van der Waals surface area (Å²) in [7, 11) is 3.32. The minimum absolute atomic E-state index is 0.114. The fourth-order valence-electron chi connectivity index (χ4n) is 1.91. The largest absolute Gasteiger partial charge is 0.481 e. The first kappa shape index (κ1) is 15.9. The smallest absolute Gasteiger partial charge is 0.258 e. The second kappa shape index (κ2) is 7.43. The lowest BCUT2D eigenvalue weighted by Crippen LogP contribution is -2.33. The van der Waals surface area contributed by atoms with Crippen molar-refractivity contribution >= 4 is 17.7 Å². The molecule has 0 spiro atoms. The van der Waals surface area contributed by atoms with E-state index in [1.807, 2.05) is 25.6 Å². The maximum Gasteiger partial charge on any atom is 0.258 e. The molecule has 1 aromatic heterocycles. The van der Waals surface area contributed by atoms with E-state index in [1.165, 1.54) is 0 Å². The molecule has 1 amide bonds. The van der Waals surface area contributed by atoms with E-state index in [1.54, 1.807) is 18.8 Å². The molecule has 6 heteroatoms. The van der Waals surface area contributed by atoms with Crippen molar-refractivity contribution < 1.29 is 9.53 Å². The topological polar surface area (TPSA) is 56.2 Å². The van der Waals surface area contributed by atoms with Crippen molar-refractivity contribution in [2.45, 2.75) is 33.2 Å². The van der Waals surface area contributed by atoms with Crippen molar-refractivity contribution in [2.75, 3.05) is 18.6 Å². The number of nitrogens with zero attached hydrogens (tertiary/aromatic N) is 2. The molecular weight excluding hydrogens is 262 g/mol. The number of thioether (sulfide) groups is 1. The van der Waals surface area contributed by atoms with Crippen LogP contribution in [0.4, 0.5) is 0 Å². The summed E-state index contributed by atoms with van der Waals surface area (Å²) in [6.07, 6.45) is 0.964. The number of methoxy groups -OCH3 is 1. The number of amides is 1. The molecule has 0 bridgehead atoms. The molecule has 0 aliphatic heterocycles. The Balaban J connectivity index is 2.68. The summed E-state index contributed by atoms with van der Waals surface area (Å²) >= 11 is 1.88. The fourth-order valence-corrected chi connectivity index (χ4v) is 2.71. The quantitative estimate of drug-likeness (QED) is 0.779. The zero-order valence-electron chi connectivity index (χ0n) is 12.3. The molecule has 1 atom stereocenters. The number of carbonyl (C=O) groups is 1. The van der Waals surface area contributed by atoms with Gasteiger partial charge in [0.2, 0.25) is 5.88 Å². The molecule has 0 aliphatic carbocycles. The number of hydrogen-bond acceptors (Lipinski definition) is 4. The average Bonchev–Trinajstić information content (AvgIpc) is 2.63. The van der Waals surface area contributed by atoms with Crippen LogP contribution in [0.1, 0.15) is 36.3 Å². The first-order valence-corrected chi connectivity index (χ1v) is 7.62. The van der Waals surface area contributed by atoms with E-state index >= 15 is 0 Å². The van der Waals surface area contributed by atoms with Crippen molar-refractivity contribution in [3.8, 4) is 5.88 Å². The molecule has 1 N–H and O–H groups in total. The number of carbonyl (C=O) groups excluding carboxylic acids is 1. The summed E-state index contributed by atoms with van der Waals surface area (Å²) in [5.41, 5.74) is 1.21. The van der Waals surface area contributed by atoms with Gasteiger partial charge in [-0.25, -0.2) is 4.68 Å². The molecule has 0 aromatic carbocycles. The number of hydrogen-bond donors (Lipinski definition) is 1. The fraction of sp³-hybridized carbons (Fsp3) is 0.692. The third-order valence-electron chi connectivity index (χ3n) is 2.87. The third-order valence-corrected chi connectivity index (χ3v) is 3.80. The van der Waals surface area contributed by atoms with Crippen LogP contribution < -0.4 is 10.1 Å². The maximum absolute atomic E-state index is 12.3. The van der Waals surface area contributed by atoms with Crippen LogP contribution in [0.2, 0.25) is 0 Å². The first-order valence-electron chi connectivity index (χ1n) is 6.47. The third kappa shape index (κ3) is 4.16. The van der Waals surface area contributed by atoms with Crippen LogP contribution in [0.25, 0.3) is 0 Å². The summed E-state index contributed by atoms with van der Waals surface area (Å²) in [5, 5.41) is 7.21. The Morgan fingerprint density at radius 3 is 2.84 bits per heavy atom. The molecule has 0 fully saturated rings. The van der Waals surface area contributed by atoms with Gasteiger partial charge in [-0.3, -0.25) is 4.79 Å². The van der Waals surface area contributed by atoms with E-state index in [-0.39, 0.29) is 11.9 Å². The molecule has 1 heterocycles. The van der Waals surface area contributed by atoms with Crippen LogP contribution >= 0.6 is 11.8 Å². The standard InChI is InChI=1S/C13H23N3O2S/c1-6-19-8-7-9(2)14-12(17)11-10(3)15-16(4)13(11)18-5/h9H,6-8H2,1-5H3,(H,14,17). The predicted molar refractivity (Wildman–Crippen MR) is 79.0 cm³/mol. The number of rotatable bonds is 7. The monoisotopic (exact) mass is 285 g/mol. The lowest BCUT2D eigenvalue weighted by molar-refractivity contribution is 0.0935. The summed E-state index contributed by atoms with van der Waals surface area (Å²) in [6, 6.07) is 0.149. The normalized spacial score (nSPS) is 12.3. The zero-order valence-corrected chi connectivity index (χ0v) is 13.1. The highest BCUT2D eigenvalue weighted by molar-refractivity contribution is 7.99. The summed E-state index contributed by atoms with van der Waals surface area (Å²) < 4.78 is 6.82. The van der Waals surface area contributed by atoms with Gasteiger partial charge in [-0.15, -0.1) is 0 Å². The number of ether oxygens (including phenoxy) is 1. The number of aryl methyl sites for hydroxylation is 2. The van der Waals surface area contributed by atoms with Crippen molar-refractivity contribution in [3.05, 3.63) is 11.3 Å². The highest BCUT2D eigenvalue weighted by atomic mass is 32.2. The van der Waals surface area contributed by atoms with Crippen LogP contribution in [-0.2, 0) is 7.05 Å². The summed E-state index contributed by atoms with van der Waals surface area (Å²) in [4.78, 5) is 12.3. The highest BCUT2D eigenvalue weighted by Gasteiger charge is 2.22. The highest BCUT2D eigenvalue weighted by Crippen LogP contribution is 2.20. The lowest BCUT2D eigenvalue weighted by Gasteiger charge is -2.13. The van der Waals surface area contributed by atoms with Crippen molar-refractivity contribution in [1.29, 1.82) is 0 Å². The first-order chi connectivity index (χ1) is 9.01. The molecule has 0 aliphatic rings. The van der Waals surface area contributed by atoms with E-state index in [0.29, 0.717) is 17.1 Å². The van der Waals surface area contributed by atoms with E-state index in [0.717, 1.165) is 17.9 Å². The van der Waals surface area contributed by atoms with Gasteiger partial charge in [-0.1, -0.05) is 6.92 Å². The van der Waals surface area contributed by atoms with Crippen LogP contribution in [0.15, 0.2) is 0 Å². The van der Waals surface area contributed by atoms with Crippen molar-refractivity contribution in [1.82, 2.24) is 15.1 Å². The van der Waals surface area contributed by atoms with E-state index in [2.05, 4.69) is 17.3 Å². The van der Waals surface area contributed by atoms with Gasteiger partial charge in [-0.2, -0.15) is 16.9 Å². The molecule has 108 valence electrons. The Morgan fingerprint density at radius 1 is 1.58 bits per heavy atom. The van der Waals surface area contributed by atoms with E-state index < -0.39 is 0 Å². The van der Waals surface area contributed by atoms with Gasteiger partial charge in [0.05, 0.1) is 12.8 Å². The minimum Gasteiger partial charge on any atom is -0.481 e. The minimum atomic E-state index is -0.114. The Morgan fingerprint density at radius 2 is 2.26 bits per heavy atom. The van der Waals surface area contributed by atoms with Crippen LogP contribution in [0, 0.1) is 6.92 Å². The van der Waals surface area contributed by atoms with Crippen LogP contribution in [-0.4, -0.2) is 40.3 Å². The van der Waals surface area contributed by atoms with E-state index in [4.69, 9.17) is 4.74 Å². The van der Waals surface area contributed by atoms with Crippen LogP contribution in [0.3, 0.4) is 0 Å². The molecular formula is C13H23N3O2S. The Kier molecular flexibility index (Phi) is 6.21. The number of aromatic nitrogens is 2. The lowest BCUT2D eigenvalue weighted by atomic mass is 10.2. The molecule has 5 nitrogen and oxygen atoms in total. The second-order valence-corrected chi connectivity index (χ2v) is 5.85. The van der Waals surface area contributed by atoms with Gasteiger partial charge in [0.1, 0.15) is 5.56 Å². The molecule has 1 rings (SSSR count). The summed E-state index contributed by atoms with van der Waals surface area (Å²) in [6.45, 7) is 5.97. The second-order valence-electron chi connectivity index (χ2n) is 4.45. The molecule has 1 unspecified atom stereocenters. The number of nitrogens with one attached hydrogen (secondary N) is 1. The Hall–Kier alpha value is -1.17. The molecule has 1 aromatic rings. The van der Waals surface area contributed by atoms with Crippen molar-refractivity contribution in [3.63, 3.8) is 0 Å². The Labute approximate surface area is 119 Å². The van der Waals surface area contributed by atoms with Gasteiger partial charge < -0.3 is 10.1 Å². The SMILES string of the molecule is CCSCCC(C)NC(=O)c1c(C)nn(C)c1OC. The van der Waals surface area contributed by atoms with Gasteiger partial charge in [0, 0.05) is 13.1 Å². The maximum atomic E-state index is 12.3. The van der Waals surface area contributed by atoms with Crippen molar-refractivity contribution in [2.24, 2.45) is 7.05 Å². The molecule has 0 saturated carbocycles.